The van der Waals surface area contributed by atoms with Gasteiger partial charge in [-0.3, -0.25) is 19.4 Å². The lowest BCUT2D eigenvalue weighted by Crippen LogP contribution is -2.45. The molecule has 0 saturated heterocycles. The number of nitrogens with two attached hydrogens (primary N) is 1. The minimum Gasteiger partial charge on any atom is -0.371 e. The highest BCUT2D eigenvalue weighted by atomic mass is 16.5. The van der Waals surface area contributed by atoms with E-state index in [0.717, 1.165) is 0 Å². The van der Waals surface area contributed by atoms with Gasteiger partial charge >= 0.3 is 0 Å². The number of amides is 2. The molecule has 2 atom stereocenters. The lowest BCUT2D eigenvalue weighted by molar-refractivity contribution is -0.107. The Morgan fingerprint density at radius 2 is 1.94 bits per heavy atom. The third kappa shape index (κ3) is 6.20. The number of anilines is 4. The first-order chi connectivity index (χ1) is 16.2. The molecule has 1 aromatic carbocycles. The number of nitrogens with one attached hydrogen (secondary N) is 4. The van der Waals surface area contributed by atoms with Crippen molar-refractivity contribution in [3.8, 4) is 0 Å². The summed E-state index contributed by atoms with van der Waals surface area (Å²) in [6.45, 7) is 0.578. The Bertz CT molecular complexity index is 1060. The van der Waals surface area contributed by atoms with E-state index >= 15 is 0 Å². The zero-order valence-corrected chi connectivity index (χ0v) is 18.0. The number of aromatic nitrogens is 2. The van der Waals surface area contributed by atoms with Gasteiger partial charge in [-0.15, -0.1) is 0 Å². The fourth-order valence-electron chi connectivity index (χ4n) is 3.46. The standard InChI is InChI=1S/C20H27N7O7/c21-20-25-16-15(18(32)26-20)23-11(7-22-16)8-27(9-28)12-3-1-10(2-4-12)17(31)24-13(19(33)34)5-6-14(29)30/h1-4,9,11,13-14,19,23,29-30,33-34H,5-8H2,(H,24,31)(H4,21,22,25,26,32)/t11-,13?/m1/s1. The topological polar surface area (TPSA) is 226 Å². The molecule has 0 aliphatic carbocycles. The summed E-state index contributed by atoms with van der Waals surface area (Å²) in [7, 11) is 0. The van der Waals surface area contributed by atoms with Crippen LogP contribution in [0.25, 0.3) is 0 Å². The van der Waals surface area contributed by atoms with Gasteiger partial charge in [0.25, 0.3) is 11.5 Å². The van der Waals surface area contributed by atoms with Crippen LogP contribution in [0.15, 0.2) is 29.1 Å². The highest BCUT2D eigenvalue weighted by Gasteiger charge is 2.24. The second-order valence-electron chi connectivity index (χ2n) is 7.75. The highest BCUT2D eigenvalue weighted by molar-refractivity contribution is 5.95. The van der Waals surface area contributed by atoms with E-state index in [-0.39, 0.29) is 42.6 Å². The monoisotopic (exact) mass is 477 g/mol. The van der Waals surface area contributed by atoms with Gasteiger partial charge in [-0.25, -0.2) is 0 Å². The molecule has 2 amide bonds. The molecule has 184 valence electrons. The number of benzene rings is 1. The number of carbonyl (C=O) groups is 2. The molecule has 34 heavy (non-hydrogen) atoms. The Labute approximate surface area is 193 Å². The molecule has 2 heterocycles. The summed E-state index contributed by atoms with van der Waals surface area (Å²) in [6, 6.07) is 4.60. The fraction of sp³-hybridized carbons (Fsp3) is 0.400. The van der Waals surface area contributed by atoms with E-state index in [9.17, 15) is 24.6 Å². The summed E-state index contributed by atoms with van der Waals surface area (Å²) in [5, 5.41) is 45.2. The molecule has 1 aromatic heterocycles. The van der Waals surface area contributed by atoms with E-state index in [4.69, 9.17) is 15.9 Å². The molecule has 0 spiro atoms. The number of H-pyrrole nitrogens is 1. The van der Waals surface area contributed by atoms with Crippen molar-refractivity contribution in [1.82, 2.24) is 15.3 Å². The molecule has 10 N–H and O–H groups in total. The normalized spacial score (nSPS) is 15.8. The summed E-state index contributed by atoms with van der Waals surface area (Å²) >= 11 is 0. The maximum atomic E-state index is 12.4. The minimum absolute atomic E-state index is 0.0130. The number of aromatic amines is 1. The van der Waals surface area contributed by atoms with E-state index in [1.807, 2.05) is 0 Å². The van der Waals surface area contributed by atoms with Crippen LogP contribution in [-0.2, 0) is 4.79 Å². The van der Waals surface area contributed by atoms with Crippen molar-refractivity contribution < 1.29 is 30.0 Å². The van der Waals surface area contributed by atoms with Crippen LogP contribution in [0.2, 0.25) is 0 Å². The number of rotatable bonds is 10. The van der Waals surface area contributed by atoms with E-state index in [2.05, 4.69) is 25.9 Å². The lowest BCUT2D eigenvalue weighted by atomic mass is 10.1. The SMILES string of the molecule is Nc1nc2c(c(=O)[nH]1)N[C@@H](CN(C=O)c1ccc(C(=O)NC(CCC(O)O)C(O)O)cc1)CN2. The zero-order chi connectivity index (χ0) is 24.8. The molecule has 0 bridgehead atoms. The minimum atomic E-state index is -1.88. The van der Waals surface area contributed by atoms with Crippen LogP contribution >= 0.6 is 0 Å². The summed E-state index contributed by atoms with van der Waals surface area (Å²) in [5.41, 5.74) is 6.01. The zero-order valence-electron chi connectivity index (χ0n) is 18.0. The van der Waals surface area contributed by atoms with Crippen LogP contribution in [0.4, 0.5) is 23.1 Å². The van der Waals surface area contributed by atoms with Crippen molar-refractivity contribution in [2.24, 2.45) is 0 Å². The Hall–Kier alpha value is -3.72. The molecule has 14 nitrogen and oxygen atoms in total. The first-order valence-corrected chi connectivity index (χ1v) is 10.4. The number of nitrogens with zero attached hydrogens (tertiary/aromatic N) is 2. The van der Waals surface area contributed by atoms with Gasteiger partial charge in [-0.05, 0) is 30.7 Å². The van der Waals surface area contributed by atoms with Crippen molar-refractivity contribution in [2.75, 3.05) is 34.4 Å². The van der Waals surface area contributed by atoms with Gasteiger partial charge in [0.1, 0.15) is 5.69 Å². The van der Waals surface area contributed by atoms with Gasteiger partial charge in [0.05, 0.1) is 12.1 Å². The van der Waals surface area contributed by atoms with Gasteiger partial charge < -0.3 is 47.0 Å². The second kappa shape index (κ2) is 10.9. The quantitative estimate of drug-likeness (QED) is 0.131. The first kappa shape index (κ1) is 24.9. The third-order valence-electron chi connectivity index (χ3n) is 5.22. The van der Waals surface area contributed by atoms with E-state index < -0.39 is 30.1 Å². The Morgan fingerprint density at radius 1 is 1.24 bits per heavy atom. The average molecular weight is 477 g/mol. The van der Waals surface area contributed by atoms with Gasteiger partial charge in [-0.1, -0.05) is 0 Å². The van der Waals surface area contributed by atoms with Gasteiger partial charge in [-0.2, -0.15) is 4.98 Å². The summed E-state index contributed by atoms with van der Waals surface area (Å²) in [4.78, 5) is 44.1. The predicted molar refractivity (Wildman–Crippen MR) is 122 cm³/mol. The molecule has 0 radical (unpaired) electrons. The maximum absolute atomic E-state index is 12.4. The number of aliphatic hydroxyl groups is 4. The third-order valence-corrected chi connectivity index (χ3v) is 5.22. The number of fused-ring (bicyclic) bond motifs is 1. The van der Waals surface area contributed by atoms with Crippen LogP contribution in [0.3, 0.4) is 0 Å². The molecule has 14 heteroatoms. The molecule has 3 rings (SSSR count). The molecule has 0 fully saturated rings. The molecule has 1 unspecified atom stereocenters. The molecule has 0 saturated carbocycles. The smallest absolute Gasteiger partial charge is 0.277 e. The summed E-state index contributed by atoms with van der Waals surface area (Å²) in [5.74, 6) is -0.290. The van der Waals surface area contributed by atoms with Crippen molar-refractivity contribution >= 4 is 35.5 Å². The number of hydrogen-bond donors (Lipinski definition) is 9. The van der Waals surface area contributed by atoms with E-state index in [1.165, 1.54) is 17.0 Å². The number of aliphatic hydroxyl groups excluding tert-OH is 2. The summed E-state index contributed by atoms with van der Waals surface area (Å²) in [6.07, 6.45) is -3.11. The Balaban J connectivity index is 1.64. The van der Waals surface area contributed by atoms with Crippen molar-refractivity contribution in [1.29, 1.82) is 0 Å². The van der Waals surface area contributed by atoms with E-state index in [0.29, 0.717) is 24.5 Å². The van der Waals surface area contributed by atoms with Crippen molar-refractivity contribution in [3.63, 3.8) is 0 Å². The number of nitrogen functional groups attached to an aromatic ring is 1. The molecular formula is C20H27N7O7. The Kier molecular flexibility index (Phi) is 8.01. The largest absolute Gasteiger partial charge is 0.371 e. The molecule has 1 aliphatic heterocycles. The van der Waals surface area contributed by atoms with E-state index in [1.54, 1.807) is 12.1 Å². The fourth-order valence-corrected chi connectivity index (χ4v) is 3.46. The van der Waals surface area contributed by atoms with Gasteiger partial charge in [0, 0.05) is 30.8 Å². The van der Waals surface area contributed by atoms with Crippen LogP contribution < -0.4 is 32.1 Å². The van der Waals surface area contributed by atoms with Crippen LogP contribution in [0.1, 0.15) is 23.2 Å². The number of hydrogen-bond acceptors (Lipinski definition) is 11. The van der Waals surface area contributed by atoms with Crippen LogP contribution in [-0.4, -0.2) is 80.5 Å². The molecular weight excluding hydrogens is 450 g/mol. The van der Waals surface area contributed by atoms with Gasteiger partial charge in [0.2, 0.25) is 12.4 Å². The summed E-state index contributed by atoms with van der Waals surface area (Å²) < 4.78 is 0. The number of carbonyl (C=O) groups excluding carboxylic acids is 2. The second-order valence-corrected chi connectivity index (χ2v) is 7.75. The predicted octanol–water partition coefficient (Wildman–Crippen LogP) is -2.28. The lowest BCUT2D eigenvalue weighted by Gasteiger charge is -2.30. The van der Waals surface area contributed by atoms with Crippen LogP contribution in [0.5, 0.6) is 0 Å². The van der Waals surface area contributed by atoms with Crippen molar-refractivity contribution in [2.45, 2.75) is 37.5 Å². The first-order valence-electron chi connectivity index (χ1n) is 10.4. The molecule has 1 aliphatic rings. The van der Waals surface area contributed by atoms with Crippen LogP contribution in [0, 0.1) is 0 Å². The van der Waals surface area contributed by atoms with Crippen molar-refractivity contribution in [3.05, 3.63) is 40.2 Å². The van der Waals surface area contributed by atoms with Gasteiger partial charge in [0.15, 0.2) is 18.4 Å². The maximum Gasteiger partial charge on any atom is 0.277 e. The highest BCUT2D eigenvalue weighted by Crippen LogP contribution is 2.22. The average Bonchev–Trinajstić information content (AvgIpc) is 2.80. The molecule has 2 aromatic rings. The Morgan fingerprint density at radius 3 is 2.56 bits per heavy atom.